The molecule has 7 heteroatoms. The molecule has 0 saturated carbocycles. The maximum Gasteiger partial charge on any atom is 0.338 e. The van der Waals surface area contributed by atoms with Crippen LogP contribution < -0.4 is 0 Å². The summed E-state index contributed by atoms with van der Waals surface area (Å²) in [6.07, 6.45) is 2.76. The molecule has 0 aliphatic carbocycles. The van der Waals surface area contributed by atoms with E-state index in [1.165, 1.54) is 28.6 Å². The number of nitrogens with zero attached hydrogens (tertiary/aromatic N) is 1. The highest BCUT2D eigenvalue weighted by Crippen LogP contribution is 2.21. The van der Waals surface area contributed by atoms with Gasteiger partial charge in [-0.15, -0.1) is 0 Å². The molecule has 1 heterocycles. The molecule has 0 radical (unpaired) electrons. The van der Waals surface area contributed by atoms with Crippen LogP contribution in [0.5, 0.6) is 0 Å². The van der Waals surface area contributed by atoms with Crippen molar-refractivity contribution in [1.82, 2.24) is 4.31 Å². The highest BCUT2D eigenvalue weighted by molar-refractivity contribution is 7.89. The first kappa shape index (κ1) is 22.2. The van der Waals surface area contributed by atoms with Crippen LogP contribution in [-0.2, 0) is 14.8 Å². The molecule has 0 N–H and O–H groups in total. The summed E-state index contributed by atoms with van der Waals surface area (Å²) in [5, 5.41) is 0. The summed E-state index contributed by atoms with van der Waals surface area (Å²) in [5.74, 6) is -0.583. The molecule has 6 nitrogen and oxygen atoms in total. The molecule has 0 bridgehead atoms. The van der Waals surface area contributed by atoms with E-state index in [1.54, 1.807) is 12.1 Å². The van der Waals surface area contributed by atoms with Gasteiger partial charge in [0.2, 0.25) is 10.0 Å². The zero-order valence-corrected chi connectivity index (χ0v) is 18.2. The van der Waals surface area contributed by atoms with Gasteiger partial charge in [-0.3, -0.25) is 4.79 Å². The Morgan fingerprint density at radius 3 is 2.03 bits per heavy atom. The van der Waals surface area contributed by atoms with Crippen molar-refractivity contribution in [1.29, 1.82) is 0 Å². The fraction of sp³-hybridized carbons (Fsp3) is 0.391. The van der Waals surface area contributed by atoms with E-state index in [2.05, 4.69) is 13.8 Å². The smallest absolute Gasteiger partial charge is 0.338 e. The molecule has 1 saturated heterocycles. The summed E-state index contributed by atoms with van der Waals surface area (Å²) in [5.41, 5.74) is 1.81. The Morgan fingerprint density at radius 1 is 0.900 bits per heavy atom. The summed E-state index contributed by atoms with van der Waals surface area (Å²) in [6, 6.07) is 12.9. The third-order valence-electron chi connectivity index (χ3n) is 5.28. The van der Waals surface area contributed by atoms with Crippen molar-refractivity contribution >= 4 is 21.8 Å². The van der Waals surface area contributed by atoms with Crippen LogP contribution in [0.15, 0.2) is 53.4 Å². The van der Waals surface area contributed by atoms with Crippen molar-refractivity contribution in [3.05, 3.63) is 65.2 Å². The Kier molecular flexibility index (Phi) is 7.05. The van der Waals surface area contributed by atoms with Gasteiger partial charge in [-0.25, -0.2) is 13.2 Å². The summed E-state index contributed by atoms with van der Waals surface area (Å²) in [6.45, 7) is 4.82. The number of ketones is 1. The molecular formula is C23H27NO5S. The molecular weight excluding hydrogens is 402 g/mol. The molecule has 0 unspecified atom stereocenters. The van der Waals surface area contributed by atoms with E-state index >= 15 is 0 Å². The van der Waals surface area contributed by atoms with Gasteiger partial charge in [-0.1, -0.05) is 44.5 Å². The molecule has 0 aromatic heterocycles. The molecule has 3 rings (SSSR count). The van der Waals surface area contributed by atoms with Gasteiger partial charge in [0, 0.05) is 18.7 Å². The van der Waals surface area contributed by atoms with E-state index in [0.717, 1.165) is 24.8 Å². The minimum Gasteiger partial charge on any atom is -0.454 e. The monoisotopic (exact) mass is 429 g/mol. The summed E-state index contributed by atoms with van der Waals surface area (Å²) in [7, 11) is -3.55. The van der Waals surface area contributed by atoms with Crippen LogP contribution in [0.4, 0.5) is 0 Å². The van der Waals surface area contributed by atoms with Crippen LogP contribution in [0.2, 0.25) is 0 Å². The molecule has 0 amide bonds. The summed E-state index contributed by atoms with van der Waals surface area (Å²) in [4.78, 5) is 24.7. The number of benzene rings is 2. The number of Topliss-reactive ketones (excluding diaryl/α,β-unsaturated/α-hetero) is 1. The maximum atomic E-state index is 12.7. The Balaban J connectivity index is 1.60. The second kappa shape index (κ2) is 9.53. The maximum absolute atomic E-state index is 12.7. The lowest BCUT2D eigenvalue weighted by Gasteiger charge is -2.25. The topological polar surface area (TPSA) is 80.8 Å². The Morgan fingerprint density at radius 2 is 1.47 bits per heavy atom. The zero-order valence-electron chi connectivity index (χ0n) is 17.3. The molecule has 2 aromatic carbocycles. The molecule has 1 aliphatic heterocycles. The van der Waals surface area contributed by atoms with Crippen molar-refractivity contribution in [3.63, 3.8) is 0 Å². The van der Waals surface area contributed by atoms with E-state index in [-0.39, 0.29) is 22.8 Å². The van der Waals surface area contributed by atoms with Gasteiger partial charge in [0.15, 0.2) is 12.4 Å². The minimum absolute atomic E-state index is 0.155. The quantitative estimate of drug-likeness (QED) is 0.490. The Labute approximate surface area is 177 Å². The normalized spacial score (nSPS) is 15.2. The van der Waals surface area contributed by atoms with E-state index in [0.29, 0.717) is 24.6 Å². The third kappa shape index (κ3) is 5.15. The molecule has 1 aliphatic rings. The van der Waals surface area contributed by atoms with E-state index < -0.39 is 16.0 Å². The number of piperidine rings is 1. The van der Waals surface area contributed by atoms with E-state index in [4.69, 9.17) is 4.74 Å². The molecule has 0 spiro atoms. The predicted molar refractivity (Wildman–Crippen MR) is 114 cm³/mol. The predicted octanol–water partition coefficient (Wildman–Crippen LogP) is 4.02. The van der Waals surface area contributed by atoms with Gasteiger partial charge in [-0.05, 0) is 48.6 Å². The first-order valence-electron chi connectivity index (χ1n) is 10.2. The average Bonchev–Trinajstić information content (AvgIpc) is 2.78. The van der Waals surface area contributed by atoms with Crippen molar-refractivity contribution in [2.45, 2.75) is 43.9 Å². The zero-order chi connectivity index (χ0) is 21.7. The highest BCUT2D eigenvalue weighted by atomic mass is 32.2. The van der Waals surface area contributed by atoms with Gasteiger partial charge >= 0.3 is 5.97 Å². The van der Waals surface area contributed by atoms with Gasteiger partial charge < -0.3 is 4.74 Å². The minimum atomic E-state index is -3.55. The first-order chi connectivity index (χ1) is 14.3. The number of rotatable bonds is 7. The largest absolute Gasteiger partial charge is 0.454 e. The van der Waals surface area contributed by atoms with Crippen LogP contribution in [-0.4, -0.2) is 44.2 Å². The number of carbonyl (C=O) groups is 2. The number of hydrogen-bond acceptors (Lipinski definition) is 5. The molecule has 30 heavy (non-hydrogen) atoms. The fourth-order valence-corrected chi connectivity index (χ4v) is 4.89. The second-order valence-electron chi connectivity index (χ2n) is 7.77. The van der Waals surface area contributed by atoms with Crippen LogP contribution in [0.25, 0.3) is 0 Å². The number of hydrogen-bond donors (Lipinski definition) is 0. The van der Waals surface area contributed by atoms with Crippen LogP contribution in [0.3, 0.4) is 0 Å². The molecule has 1 fully saturated rings. The van der Waals surface area contributed by atoms with Gasteiger partial charge in [0.1, 0.15) is 0 Å². The van der Waals surface area contributed by atoms with Gasteiger partial charge in [-0.2, -0.15) is 4.31 Å². The lowest BCUT2D eigenvalue weighted by Crippen LogP contribution is -2.35. The lowest BCUT2D eigenvalue weighted by molar-refractivity contribution is 0.0474. The van der Waals surface area contributed by atoms with Crippen molar-refractivity contribution in [2.75, 3.05) is 19.7 Å². The molecule has 0 atom stereocenters. The number of carbonyl (C=O) groups excluding carboxylic acids is 2. The van der Waals surface area contributed by atoms with Crippen molar-refractivity contribution in [3.8, 4) is 0 Å². The summed E-state index contributed by atoms with van der Waals surface area (Å²) >= 11 is 0. The van der Waals surface area contributed by atoms with Gasteiger partial charge in [0.25, 0.3) is 0 Å². The fourth-order valence-electron chi connectivity index (χ4n) is 3.37. The summed E-state index contributed by atoms with van der Waals surface area (Å²) < 4.78 is 31.9. The van der Waals surface area contributed by atoms with Crippen molar-refractivity contribution in [2.24, 2.45) is 0 Å². The second-order valence-corrected chi connectivity index (χ2v) is 9.70. The Hall–Kier alpha value is -2.51. The number of sulfonamides is 1. The van der Waals surface area contributed by atoms with Crippen LogP contribution in [0.1, 0.15) is 65.3 Å². The molecule has 160 valence electrons. The average molecular weight is 430 g/mol. The number of ether oxygens (including phenoxy) is 1. The Bertz CT molecular complexity index is 989. The molecule has 2 aromatic rings. The van der Waals surface area contributed by atoms with Gasteiger partial charge in [0.05, 0.1) is 10.5 Å². The lowest BCUT2D eigenvalue weighted by atomic mass is 10.0. The SMILES string of the molecule is CC(C)c1ccc(C(=O)COC(=O)c2ccc(S(=O)(=O)N3CCCCC3)cc2)cc1. The number of esters is 1. The highest BCUT2D eigenvalue weighted by Gasteiger charge is 2.26. The van der Waals surface area contributed by atoms with E-state index in [9.17, 15) is 18.0 Å². The van der Waals surface area contributed by atoms with Crippen molar-refractivity contribution < 1.29 is 22.7 Å². The standard InChI is InChI=1S/C23H27NO5S/c1-17(2)18-6-8-19(9-7-18)22(25)16-29-23(26)20-10-12-21(13-11-20)30(27,28)24-14-4-3-5-15-24/h6-13,17H,3-5,14-16H2,1-2H3. The van der Waals surface area contributed by atoms with Crippen LogP contribution >= 0.6 is 0 Å². The first-order valence-corrected chi connectivity index (χ1v) is 11.6. The van der Waals surface area contributed by atoms with Crippen LogP contribution in [0, 0.1) is 0 Å². The third-order valence-corrected chi connectivity index (χ3v) is 7.19. The van der Waals surface area contributed by atoms with E-state index in [1.807, 2.05) is 12.1 Å².